The van der Waals surface area contributed by atoms with Gasteiger partial charge in [-0.1, -0.05) is 13.8 Å². The molecule has 104 valence electrons. The second kappa shape index (κ2) is 5.70. The minimum atomic E-state index is -0.992. The molecule has 0 aliphatic carbocycles. The van der Waals surface area contributed by atoms with Crippen LogP contribution in [0.3, 0.4) is 0 Å². The quantitative estimate of drug-likeness (QED) is 0.913. The number of nitrogens with zero attached hydrogens (tertiary/aromatic N) is 1. The third-order valence-electron chi connectivity index (χ3n) is 4.11. The van der Waals surface area contributed by atoms with E-state index in [-0.39, 0.29) is 11.4 Å². The van der Waals surface area contributed by atoms with Crippen LogP contribution in [0.25, 0.3) is 0 Å². The van der Waals surface area contributed by atoms with E-state index in [0.29, 0.717) is 23.9 Å². The van der Waals surface area contributed by atoms with Crippen LogP contribution < -0.4 is 0 Å². The molecule has 1 fully saturated rings. The van der Waals surface area contributed by atoms with Crippen LogP contribution in [0, 0.1) is 17.7 Å². The maximum absolute atomic E-state index is 13.3. The highest BCUT2D eigenvalue weighted by molar-refractivity contribution is 5.89. The van der Waals surface area contributed by atoms with Crippen LogP contribution in [-0.2, 0) is 6.54 Å². The number of hydrogen-bond acceptors (Lipinski definition) is 2. The number of hydrogen-bond donors (Lipinski definition) is 1. The smallest absolute Gasteiger partial charge is 0.336 e. The number of likely N-dealkylation sites (tertiary alicyclic amines) is 1. The van der Waals surface area contributed by atoms with Crippen LogP contribution in [0.15, 0.2) is 18.2 Å². The minimum absolute atomic E-state index is 0.202. The molecule has 1 aliphatic heterocycles. The first kappa shape index (κ1) is 14.0. The fourth-order valence-electron chi connectivity index (χ4n) is 2.64. The molecule has 1 aromatic carbocycles. The Bertz CT molecular complexity index is 475. The highest BCUT2D eigenvalue weighted by atomic mass is 19.1. The molecule has 1 aliphatic rings. The second-order valence-corrected chi connectivity index (χ2v) is 5.58. The summed E-state index contributed by atoms with van der Waals surface area (Å²) in [6, 6.07) is 3.89. The predicted molar refractivity (Wildman–Crippen MR) is 71.6 cm³/mol. The summed E-state index contributed by atoms with van der Waals surface area (Å²) in [7, 11) is 0. The zero-order valence-corrected chi connectivity index (χ0v) is 11.4. The Kier molecular flexibility index (Phi) is 4.20. The molecule has 2 atom stereocenters. The summed E-state index contributed by atoms with van der Waals surface area (Å²) in [5, 5.41) is 9.14. The largest absolute Gasteiger partial charge is 0.478 e. The SMILES string of the molecule is CC1CCN(Cc2cc(F)ccc2C(=O)O)CC1C. The first-order chi connectivity index (χ1) is 8.97. The van der Waals surface area contributed by atoms with Crippen molar-refractivity contribution in [3.05, 3.63) is 35.1 Å². The van der Waals surface area contributed by atoms with E-state index in [1.807, 2.05) is 0 Å². The molecule has 0 saturated carbocycles. The molecule has 2 unspecified atom stereocenters. The van der Waals surface area contributed by atoms with Gasteiger partial charge in [0, 0.05) is 13.1 Å². The number of carboxylic acids is 1. The van der Waals surface area contributed by atoms with Crippen molar-refractivity contribution in [2.24, 2.45) is 11.8 Å². The van der Waals surface area contributed by atoms with Crippen molar-refractivity contribution in [2.75, 3.05) is 13.1 Å². The van der Waals surface area contributed by atoms with E-state index in [1.54, 1.807) is 0 Å². The average Bonchev–Trinajstić information content (AvgIpc) is 2.33. The lowest BCUT2D eigenvalue weighted by atomic mass is 9.88. The molecule has 1 saturated heterocycles. The lowest BCUT2D eigenvalue weighted by molar-refractivity contribution is 0.0692. The molecular weight excluding hydrogens is 245 g/mol. The van der Waals surface area contributed by atoms with Crippen molar-refractivity contribution >= 4 is 5.97 Å². The van der Waals surface area contributed by atoms with E-state index in [1.165, 1.54) is 18.2 Å². The maximum atomic E-state index is 13.3. The van der Waals surface area contributed by atoms with Crippen molar-refractivity contribution in [2.45, 2.75) is 26.8 Å². The van der Waals surface area contributed by atoms with E-state index >= 15 is 0 Å². The number of carbonyl (C=O) groups is 1. The van der Waals surface area contributed by atoms with Gasteiger partial charge in [-0.25, -0.2) is 9.18 Å². The molecule has 1 N–H and O–H groups in total. The predicted octanol–water partition coefficient (Wildman–Crippen LogP) is 3.00. The Hall–Kier alpha value is -1.42. The van der Waals surface area contributed by atoms with Crippen LogP contribution in [0.2, 0.25) is 0 Å². The van der Waals surface area contributed by atoms with Gasteiger partial charge in [0.15, 0.2) is 0 Å². The molecule has 0 amide bonds. The number of benzene rings is 1. The van der Waals surface area contributed by atoms with Gasteiger partial charge >= 0.3 is 5.97 Å². The van der Waals surface area contributed by atoms with Gasteiger partial charge < -0.3 is 5.11 Å². The molecule has 4 heteroatoms. The summed E-state index contributed by atoms with van der Waals surface area (Å²) in [6.07, 6.45) is 1.11. The highest BCUT2D eigenvalue weighted by Crippen LogP contribution is 2.24. The molecule has 1 aromatic rings. The van der Waals surface area contributed by atoms with Crippen molar-refractivity contribution < 1.29 is 14.3 Å². The summed E-state index contributed by atoms with van der Waals surface area (Å²) in [4.78, 5) is 13.4. The summed E-state index contributed by atoms with van der Waals surface area (Å²) in [5.74, 6) is -0.0786. The second-order valence-electron chi connectivity index (χ2n) is 5.58. The Labute approximate surface area is 113 Å². The molecule has 1 heterocycles. The van der Waals surface area contributed by atoms with Crippen LogP contribution in [-0.4, -0.2) is 29.1 Å². The van der Waals surface area contributed by atoms with Crippen molar-refractivity contribution in [3.8, 4) is 0 Å². The van der Waals surface area contributed by atoms with Crippen molar-refractivity contribution in [1.82, 2.24) is 4.90 Å². The van der Waals surface area contributed by atoms with Gasteiger partial charge in [-0.15, -0.1) is 0 Å². The summed E-state index contributed by atoms with van der Waals surface area (Å²) < 4.78 is 13.3. The number of aromatic carboxylic acids is 1. The molecule has 19 heavy (non-hydrogen) atoms. The van der Waals surface area contributed by atoms with Gasteiger partial charge in [0.1, 0.15) is 5.82 Å². The van der Waals surface area contributed by atoms with Gasteiger partial charge in [-0.2, -0.15) is 0 Å². The Morgan fingerprint density at radius 3 is 2.79 bits per heavy atom. The summed E-state index contributed by atoms with van der Waals surface area (Å²) in [5.41, 5.74) is 0.766. The molecule has 0 aromatic heterocycles. The first-order valence-corrected chi connectivity index (χ1v) is 6.71. The third-order valence-corrected chi connectivity index (χ3v) is 4.11. The fourth-order valence-corrected chi connectivity index (χ4v) is 2.64. The van der Waals surface area contributed by atoms with Crippen molar-refractivity contribution in [3.63, 3.8) is 0 Å². The van der Waals surface area contributed by atoms with Gasteiger partial charge in [0.25, 0.3) is 0 Å². The van der Waals surface area contributed by atoms with Crippen LogP contribution >= 0.6 is 0 Å². The molecule has 0 radical (unpaired) electrons. The molecule has 3 nitrogen and oxygen atoms in total. The Morgan fingerprint density at radius 2 is 2.16 bits per heavy atom. The van der Waals surface area contributed by atoms with E-state index in [9.17, 15) is 9.18 Å². The van der Waals surface area contributed by atoms with Gasteiger partial charge in [0.05, 0.1) is 5.56 Å². The maximum Gasteiger partial charge on any atom is 0.336 e. The summed E-state index contributed by atoms with van der Waals surface area (Å²) in [6.45, 7) is 6.85. The molecule has 0 spiro atoms. The zero-order chi connectivity index (χ0) is 14.0. The number of carboxylic acid groups (broad SMARTS) is 1. The van der Waals surface area contributed by atoms with Crippen LogP contribution in [0.4, 0.5) is 4.39 Å². The third kappa shape index (κ3) is 3.32. The van der Waals surface area contributed by atoms with E-state index < -0.39 is 5.97 Å². The van der Waals surface area contributed by atoms with E-state index in [4.69, 9.17) is 5.11 Å². The lowest BCUT2D eigenvalue weighted by Crippen LogP contribution is -2.38. The van der Waals surface area contributed by atoms with Crippen LogP contribution in [0.1, 0.15) is 36.2 Å². The first-order valence-electron chi connectivity index (χ1n) is 6.71. The zero-order valence-electron chi connectivity index (χ0n) is 11.4. The average molecular weight is 265 g/mol. The van der Waals surface area contributed by atoms with E-state index in [2.05, 4.69) is 18.7 Å². The molecule has 0 bridgehead atoms. The van der Waals surface area contributed by atoms with E-state index in [0.717, 1.165) is 19.5 Å². The number of piperidine rings is 1. The van der Waals surface area contributed by atoms with Gasteiger partial charge in [-0.05, 0) is 48.6 Å². The Balaban J connectivity index is 2.14. The Morgan fingerprint density at radius 1 is 1.42 bits per heavy atom. The van der Waals surface area contributed by atoms with Crippen molar-refractivity contribution in [1.29, 1.82) is 0 Å². The standard InChI is InChI=1S/C15H20FNO2/c1-10-5-6-17(8-11(10)2)9-12-7-13(16)3-4-14(12)15(18)19/h3-4,7,10-11H,5-6,8-9H2,1-2H3,(H,18,19). The van der Waals surface area contributed by atoms with Gasteiger partial charge in [-0.3, -0.25) is 4.90 Å². The fraction of sp³-hybridized carbons (Fsp3) is 0.533. The lowest BCUT2D eigenvalue weighted by Gasteiger charge is -2.35. The monoisotopic (exact) mass is 265 g/mol. The molecular formula is C15H20FNO2. The minimum Gasteiger partial charge on any atom is -0.478 e. The highest BCUT2D eigenvalue weighted by Gasteiger charge is 2.23. The topological polar surface area (TPSA) is 40.5 Å². The van der Waals surface area contributed by atoms with Gasteiger partial charge in [0.2, 0.25) is 0 Å². The molecule has 2 rings (SSSR count). The van der Waals surface area contributed by atoms with Crippen LogP contribution in [0.5, 0.6) is 0 Å². The summed E-state index contributed by atoms with van der Waals surface area (Å²) >= 11 is 0. The number of rotatable bonds is 3. The number of halogens is 1. The normalized spacial score (nSPS) is 24.4.